The minimum Gasteiger partial charge on any atom is -0.300 e. The second-order valence-corrected chi connectivity index (χ2v) is 9.48. The van der Waals surface area contributed by atoms with E-state index in [0.717, 1.165) is 18.8 Å². The van der Waals surface area contributed by atoms with E-state index in [2.05, 4.69) is 40.3 Å². The Morgan fingerprint density at radius 1 is 1.21 bits per heavy atom. The number of ketones is 1. The largest absolute Gasteiger partial charge is 0.300 e. The Kier molecular flexibility index (Phi) is 6.15. The van der Waals surface area contributed by atoms with E-state index in [-0.39, 0.29) is 0 Å². The first kappa shape index (κ1) is 19.5. The summed E-state index contributed by atoms with van der Waals surface area (Å²) < 4.78 is 0. The van der Waals surface area contributed by atoms with Crippen LogP contribution in [0.15, 0.2) is 23.8 Å². The fourth-order valence-corrected chi connectivity index (χ4v) is 5.80. The number of allylic oxidation sites excluding steroid dienone is 3. The van der Waals surface area contributed by atoms with Crippen molar-refractivity contribution in [2.75, 3.05) is 0 Å². The van der Waals surface area contributed by atoms with Gasteiger partial charge in [-0.05, 0) is 81.5 Å². The van der Waals surface area contributed by atoms with E-state index in [0.29, 0.717) is 29.0 Å². The molecule has 2 unspecified atom stereocenters. The molecular formula is C23H38O. The van der Waals surface area contributed by atoms with Gasteiger partial charge in [-0.15, -0.1) is 0 Å². The van der Waals surface area contributed by atoms with Gasteiger partial charge in [0.2, 0.25) is 0 Å². The van der Waals surface area contributed by atoms with Crippen molar-refractivity contribution in [3.63, 3.8) is 0 Å². The van der Waals surface area contributed by atoms with Gasteiger partial charge >= 0.3 is 0 Å². The molecule has 1 heteroatoms. The van der Waals surface area contributed by atoms with E-state index in [1.807, 2.05) is 0 Å². The topological polar surface area (TPSA) is 17.1 Å². The van der Waals surface area contributed by atoms with Crippen LogP contribution in [0.1, 0.15) is 92.4 Å². The molecular weight excluding hydrogens is 292 g/mol. The average Bonchev–Trinajstić information content (AvgIpc) is 2.45. The van der Waals surface area contributed by atoms with Gasteiger partial charge in [0.05, 0.1) is 0 Å². The highest BCUT2D eigenvalue weighted by molar-refractivity contribution is 5.75. The van der Waals surface area contributed by atoms with Gasteiger partial charge in [0, 0.05) is 6.42 Å². The van der Waals surface area contributed by atoms with Crippen molar-refractivity contribution in [1.29, 1.82) is 0 Å². The van der Waals surface area contributed by atoms with Crippen molar-refractivity contribution < 1.29 is 4.79 Å². The van der Waals surface area contributed by atoms with E-state index >= 15 is 0 Å². The molecule has 3 atom stereocenters. The molecule has 0 aliphatic heterocycles. The fraction of sp³-hybridized carbons (Fsp3) is 0.783. The van der Waals surface area contributed by atoms with Gasteiger partial charge in [0.15, 0.2) is 0 Å². The van der Waals surface area contributed by atoms with Gasteiger partial charge in [-0.1, -0.05) is 51.0 Å². The normalized spacial score (nSPS) is 33.2. The minimum atomic E-state index is 0.291. The Bertz CT molecular complexity index is 510. The molecule has 0 aromatic carbocycles. The maximum Gasteiger partial charge on any atom is 0.130 e. The van der Waals surface area contributed by atoms with Crippen LogP contribution in [0.25, 0.3) is 0 Å². The van der Waals surface area contributed by atoms with Crippen LogP contribution in [0, 0.1) is 22.7 Å². The lowest BCUT2D eigenvalue weighted by Crippen LogP contribution is -2.49. The van der Waals surface area contributed by atoms with E-state index in [4.69, 9.17) is 0 Å². The van der Waals surface area contributed by atoms with Crippen LogP contribution in [0.2, 0.25) is 0 Å². The van der Waals surface area contributed by atoms with Crippen molar-refractivity contribution >= 4 is 5.78 Å². The van der Waals surface area contributed by atoms with E-state index in [1.54, 1.807) is 6.92 Å². The maximum absolute atomic E-state index is 11.1. The molecule has 2 aliphatic rings. The summed E-state index contributed by atoms with van der Waals surface area (Å²) in [6.45, 7) is 15.9. The lowest BCUT2D eigenvalue weighted by Gasteiger charge is -2.58. The van der Waals surface area contributed by atoms with Crippen molar-refractivity contribution in [3.05, 3.63) is 23.8 Å². The molecule has 0 radical (unpaired) electrons. The van der Waals surface area contributed by atoms with Crippen LogP contribution in [-0.2, 0) is 4.79 Å². The summed E-state index contributed by atoms with van der Waals surface area (Å²) in [7, 11) is 0. The summed E-state index contributed by atoms with van der Waals surface area (Å²) in [4.78, 5) is 11.1. The number of Topliss-reactive ketones (excluding diaryl/α,β-unsaturated/α-hetero) is 1. The first-order chi connectivity index (χ1) is 11.2. The Morgan fingerprint density at radius 3 is 2.58 bits per heavy atom. The second kappa shape index (κ2) is 7.58. The van der Waals surface area contributed by atoms with Crippen molar-refractivity contribution in [1.82, 2.24) is 0 Å². The Labute approximate surface area is 150 Å². The van der Waals surface area contributed by atoms with E-state index in [1.165, 1.54) is 49.7 Å². The summed E-state index contributed by atoms with van der Waals surface area (Å²) in [5, 5.41) is 0. The van der Waals surface area contributed by atoms with Gasteiger partial charge in [-0.3, -0.25) is 0 Å². The zero-order valence-electron chi connectivity index (χ0n) is 16.7. The molecule has 0 heterocycles. The zero-order chi connectivity index (χ0) is 18.0. The molecule has 0 spiro atoms. The summed E-state index contributed by atoms with van der Waals surface area (Å²) in [5.41, 5.74) is 3.88. The Morgan fingerprint density at radius 2 is 1.92 bits per heavy atom. The van der Waals surface area contributed by atoms with Gasteiger partial charge in [0.25, 0.3) is 0 Å². The first-order valence-electron chi connectivity index (χ1n) is 9.99. The minimum absolute atomic E-state index is 0.291. The number of rotatable bonds is 6. The molecule has 2 rings (SSSR count). The molecule has 0 amide bonds. The van der Waals surface area contributed by atoms with Gasteiger partial charge in [0.1, 0.15) is 5.78 Å². The second-order valence-electron chi connectivity index (χ2n) is 9.48. The first-order valence-corrected chi connectivity index (χ1v) is 9.99. The molecule has 0 aromatic heterocycles. The number of carbonyl (C=O) groups is 1. The molecule has 2 fully saturated rings. The zero-order valence-corrected chi connectivity index (χ0v) is 16.7. The predicted molar refractivity (Wildman–Crippen MR) is 104 cm³/mol. The molecule has 1 nitrogen and oxygen atoms in total. The maximum atomic E-state index is 11.1. The average molecular weight is 331 g/mol. The van der Waals surface area contributed by atoms with Crippen LogP contribution in [0.5, 0.6) is 0 Å². The van der Waals surface area contributed by atoms with E-state index in [9.17, 15) is 4.79 Å². The molecule has 136 valence electrons. The van der Waals surface area contributed by atoms with Crippen LogP contribution >= 0.6 is 0 Å². The molecule has 0 bridgehead atoms. The Hall–Kier alpha value is -0.850. The Balaban J connectivity index is 2.04. The lowest BCUT2D eigenvalue weighted by molar-refractivity contribution is -0.116. The number of hydrogen-bond donors (Lipinski definition) is 0. The van der Waals surface area contributed by atoms with Gasteiger partial charge in [-0.2, -0.15) is 0 Å². The molecule has 24 heavy (non-hydrogen) atoms. The standard InChI is InChI=1S/C23H38O/c1-17(9-7-10-19(3)24)11-13-20-18(2)12-14-21-22(4,5)15-8-16-23(20,21)6/h9,20-21H,2,7-8,10-16H2,1,3-6H3/b17-9+/t20?,21?,23-/m0/s1. The van der Waals surface area contributed by atoms with Crippen LogP contribution in [-0.4, -0.2) is 5.78 Å². The summed E-state index contributed by atoms with van der Waals surface area (Å²) in [6.07, 6.45) is 13.0. The third-order valence-electron chi connectivity index (χ3n) is 7.14. The smallest absolute Gasteiger partial charge is 0.130 e. The van der Waals surface area contributed by atoms with Gasteiger partial charge in [-0.25, -0.2) is 0 Å². The molecule has 2 aliphatic carbocycles. The quantitative estimate of drug-likeness (QED) is 0.485. The van der Waals surface area contributed by atoms with Crippen LogP contribution in [0.3, 0.4) is 0 Å². The summed E-state index contributed by atoms with van der Waals surface area (Å²) in [6, 6.07) is 0. The highest BCUT2D eigenvalue weighted by Gasteiger charge is 2.52. The lowest BCUT2D eigenvalue weighted by atomic mass is 9.47. The highest BCUT2D eigenvalue weighted by Crippen LogP contribution is 2.61. The third kappa shape index (κ3) is 4.21. The molecule has 2 saturated carbocycles. The third-order valence-corrected chi connectivity index (χ3v) is 7.14. The predicted octanol–water partition coefficient (Wildman–Crippen LogP) is 6.88. The SMILES string of the molecule is C=C1CCC2C(C)(C)CCC[C@@]2(C)C1CC/C(C)=C/CCC(C)=O. The molecule has 0 N–H and O–H groups in total. The molecule has 0 aromatic rings. The number of carbonyl (C=O) groups excluding carboxylic acids is 1. The summed E-state index contributed by atoms with van der Waals surface area (Å²) >= 11 is 0. The highest BCUT2D eigenvalue weighted by atomic mass is 16.1. The van der Waals surface area contributed by atoms with Crippen molar-refractivity contribution in [2.24, 2.45) is 22.7 Å². The number of fused-ring (bicyclic) bond motifs is 1. The van der Waals surface area contributed by atoms with Crippen molar-refractivity contribution in [2.45, 2.75) is 92.4 Å². The summed E-state index contributed by atoms with van der Waals surface area (Å²) in [5.74, 6) is 1.81. The van der Waals surface area contributed by atoms with Crippen LogP contribution in [0.4, 0.5) is 0 Å². The van der Waals surface area contributed by atoms with Gasteiger partial charge < -0.3 is 4.79 Å². The van der Waals surface area contributed by atoms with Crippen LogP contribution < -0.4 is 0 Å². The van der Waals surface area contributed by atoms with E-state index < -0.39 is 0 Å². The van der Waals surface area contributed by atoms with Crippen molar-refractivity contribution in [3.8, 4) is 0 Å². The monoisotopic (exact) mass is 330 g/mol. The fourth-order valence-electron chi connectivity index (χ4n) is 5.80. The number of hydrogen-bond acceptors (Lipinski definition) is 1. The molecule has 0 saturated heterocycles.